The lowest BCUT2D eigenvalue weighted by atomic mass is 10.2. The third-order valence-electron chi connectivity index (χ3n) is 2.27. The predicted molar refractivity (Wildman–Crippen MR) is 70.8 cm³/mol. The van der Waals surface area contributed by atoms with E-state index >= 15 is 0 Å². The summed E-state index contributed by atoms with van der Waals surface area (Å²) < 4.78 is 23.6. The summed E-state index contributed by atoms with van der Waals surface area (Å²) in [5.41, 5.74) is 0.669. The number of rotatable bonds is 3. The third kappa shape index (κ3) is 2.98. The highest BCUT2D eigenvalue weighted by atomic mass is 35.7. The quantitative estimate of drug-likeness (QED) is 0.815. The fraction of sp³-hybridized carbons (Fsp3) is 0.100. The Hall–Kier alpha value is -0.750. The molecule has 0 saturated heterocycles. The maximum Gasteiger partial charge on any atom is 0.264 e. The van der Waals surface area contributed by atoms with E-state index in [1.165, 1.54) is 17.1 Å². The number of hydrogen-bond donors (Lipinski definition) is 0. The molecule has 4 nitrogen and oxygen atoms in total. The molecule has 0 radical (unpaired) electrons. The molecule has 0 aliphatic carbocycles. The highest BCUT2D eigenvalue weighted by molar-refractivity contribution is 8.13. The Balaban J connectivity index is 2.33. The van der Waals surface area contributed by atoms with Gasteiger partial charge in [-0.3, -0.25) is 4.68 Å². The lowest BCUT2D eigenvalue weighted by Gasteiger charge is -2.06. The van der Waals surface area contributed by atoms with Gasteiger partial charge in [-0.15, -0.1) is 0 Å². The van der Waals surface area contributed by atoms with Gasteiger partial charge in [0.05, 0.1) is 12.7 Å². The molecule has 2 aromatic rings. The van der Waals surface area contributed by atoms with Crippen molar-refractivity contribution in [1.82, 2.24) is 9.78 Å². The molecule has 0 fully saturated rings. The van der Waals surface area contributed by atoms with E-state index in [0.717, 1.165) is 0 Å². The van der Waals surface area contributed by atoms with Crippen LogP contribution in [0.3, 0.4) is 0 Å². The average molecular weight is 326 g/mol. The summed E-state index contributed by atoms with van der Waals surface area (Å²) in [7, 11) is 1.43. The van der Waals surface area contributed by atoms with Crippen molar-refractivity contribution in [3.63, 3.8) is 0 Å². The number of benzene rings is 1. The molecule has 18 heavy (non-hydrogen) atoms. The highest BCUT2D eigenvalue weighted by Gasteiger charge is 2.14. The number of nitrogens with zero attached hydrogens (tertiary/aromatic N) is 2. The van der Waals surface area contributed by atoms with Gasteiger partial charge in [-0.1, -0.05) is 29.3 Å². The topological polar surface area (TPSA) is 52.0 Å². The summed E-state index contributed by atoms with van der Waals surface area (Å²) in [6, 6.07) is 5.13. The number of halogens is 3. The van der Waals surface area contributed by atoms with Crippen molar-refractivity contribution in [2.24, 2.45) is 0 Å². The Bertz CT molecular complexity index is 662. The first kappa shape index (κ1) is 13.7. The van der Waals surface area contributed by atoms with Crippen LogP contribution in [0.15, 0.2) is 35.5 Å². The van der Waals surface area contributed by atoms with E-state index in [4.69, 9.17) is 33.9 Å². The van der Waals surface area contributed by atoms with Crippen LogP contribution in [0.1, 0.15) is 5.56 Å². The molecule has 1 aromatic carbocycles. The molecule has 0 N–H and O–H groups in total. The highest BCUT2D eigenvalue weighted by Crippen LogP contribution is 2.25. The van der Waals surface area contributed by atoms with Crippen molar-refractivity contribution in [3.8, 4) is 0 Å². The van der Waals surface area contributed by atoms with Gasteiger partial charge >= 0.3 is 0 Å². The number of aromatic nitrogens is 2. The minimum absolute atomic E-state index is 0.0626. The Morgan fingerprint density at radius 2 is 1.83 bits per heavy atom. The SMILES string of the molecule is O=S(=O)(Cl)c1cnn(Cc2c(Cl)cccc2Cl)c1. The van der Waals surface area contributed by atoms with E-state index < -0.39 is 9.05 Å². The molecule has 1 heterocycles. The van der Waals surface area contributed by atoms with Crippen LogP contribution in [0.5, 0.6) is 0 Å². The summed E-state index contributed by atoms with van der Waals surface area (Å²) in [5, 5.41) is 4.88. The molecule has 8 heteroatoms. The molecular weight excluding hydrogens is 319 g/mol. The Labute approximate surface area is 118 Å². The van der Waals surface area contributed by atoms with Gasteiger partial charge < -0.3 is 0 Å². The minimum Gasteiger partial charge on any atom is -0.267 e. The minimum atomic E-state index is -3.77. The van der Waals surface area contributed by atoms with Crippen molar-refractivity contribution in [2.45, 2.75) is 11.4 Å². The fourth-order valence-electron chi connectivity index (χ4n) is 1.40. The van der Waals surface area contributed by atoms with Crippen molar-refractivity contribution in [3.05, 3.63) is 46.2 Å². The fourth-order valence-corrected chi connectivity index (χ4v) is 2.58. The molecule has 1 aromatic heterocycles. The summed E-state index contributed by atoms with van der Waals surface area (Å²) >= 11 is 12.0. The van der Waals surface area contributed by atoms with E-state index in [-0.39, 0.29) is 11.4 Å². The standard InChI is InChI=1S/C10H7Cl3N2O2S/c11-9-2-1-3-10(12)8(9)6-15-5-7(4-14-15)18(13,16)17/h1-5H,6H2. The van der Waals surface area contributed by atoms with Crippen LogP contribution in [0.4, 0.5) is 0 Å². The Morgan fingerprint density at radius 3 is 2.33 bits per heavy atom. The van der Waals surface area contributed by atoms with Crippen molar-refractivity contribution < 1.29 is 8.42 Å². The van der Waals surface area contributed by atoms with Crippen LogP contribution in [-0.2, 0) is 15.6 Å². The van der Waals surface area contributed by atoms with Gasteiger partial charge in [0.25, 0.3) is 9.05 Å². The molecule has 0 unspecified atom stereocenters. The van der Waals surface area contributed by atoms with Gasteiger partial charge in [0.1, 0.15) is 4.90 Å². The Kier molecular flexibility index (Phi) is 3.87. The lowest BCUT2D eigenvalue weighted by Crippen LogP contribution is -2.01. The predicted octanol–water partition coefficient (Wildman–Crippen LogP) is 3.17. The maximum atomic E-state index is 11.1. The van der Waals surface area contributed by atoms with Gasteiger partial charge in [-0.25, -0.2) is 8.42 Å². The molecule has 0 spiro atoms. The van der Waals surface area contributed by atoms with Crippen molar-refractivity contribution in [1.29, 1.82) is 0 Å². The van der Waals surface area contributed by atoms with Crippen LogP contribution in [0, 0.1) is 0 Å². The molecule has 0 saturated carbocycles. The van der Waals surface area contributed by atoms with E-state index in [0.29, 0.717) is 15.6 Å². The van der Waals surface area contributed by atoms with E-state index in [2.05, 4.69) is 5.10 Å². The van der Waals surface area contributed by atoms with Gasteiger partial charge in [0, 0.05) is 32.5 Å². The van der Waals surface area contributed by atoms with E-state index in [1.54, 1.807) is 18.2 Å². The average Bonchev–Trinajstić information content (AvgIpc) is 2.72. The van der Waals surface area contributed by atoms with Gasteiger partial charge in [0.2, 0.25) is 0 Å². The monoisotopic (exact) mass is 324 g/mol. The zero-order valence-electron chi connectivity index (χ0n) is 8.85. The maximum absolute atomic E-state index is 11.1. The van der Waals surface area contributed by atoms with Gasteiger partial charge in [-0.05, 0) is 12.1 Å². The molecule has 0 bridgehead atoms. The first-order valence-electron chi connectivity index (χ1n) is 4.78. The molecule has 0 aliphatic rings. The summed E-state index contributed by atoms with van der Waals surface area (Å²) in [4.78, 5) is -0.0626. The molecule has 96 valence electrons. The van der Waals surface area contributed by atoms with Crippen molar-refractivity contribution >= 4 is 42.9 Å². The molecular formula is C10H7Cl3N2O2S. The van der Waals surface area contributed by atoms with Crippen molar-refractivity contribution in [2.75, 3.05) is 0 Å². The second-order valence-corrected chi connectivity index (χ2v) is 6.89. The van der Waals surface area contributed by atoms with Gasteiger partial charge in [0.15, 0.2) is 0 Å². The van der Waals surface area contributed by atoms with E-state index in [9.17, 15) is 8.42 Å². The van der Waals surface area contributed by atoms with Crippen LogP contribution >= 0.6 is 33.9 Å². The molecule has 0 amide bonds. The molecule has 0 aliphatic heterocycles. The summed E-state index contributed by atoms with van der Waals surface area (Å²) in [6.45, 7) is 0.269. The Morgan fingerprint density at radius 1 is 1.22 bits per heavy atom. The van der Waals surface area contributed by atoms with Crippen LogP contribution < -0.4 is 0 Å². The van der Waals surface area contributed by atoms with Crippen LogP contribution in [0.2, 0.25) is 10.0 Å². The normalized spacial score (nSPS) is 11.7. The first-order valence-corrected chi connectivity index (χ1v) is 7.84. The second-order valence-electron chi connectivity index (χ2n) is 3.51. The zero-order chi connectivity index (χ0) is 13.3. The van der Waals surface area contributed by atoms with E-state index in [1.807, 2.05) is 0 Å². The summed E-state index contributed by atoms with van der Waals surface area (Å²) in [5.74, 6) is 0. The van der Waals surface area contributed by atoms with Gasteiger partial charge in [-0.2, -0.15) is 5.10 Å². The number of hydrogen-bond acceptors (Lipinski definition) is 3. The first-order chi connectivity index (χ1) is 8.38. The van der Waals surface area contributed by atoms with Crippen LogP contribution in [-0.4, -0.2) is 18.2 Å². The summed E-state index contributed by atoms with van der Waals surface area (Å²) in [6.07, 6.45) is 2.50. The lowest BCUT2D eigenvalue weighted by molar-refractivity contribution is 0.609. The smallest absolute Gasteiger partial charge is 0.264 e. The largest absolute Gasteiger partial charge is 0.267 e. The zero-order valence-corrected chi connectivity index (χ0v) is 11.9. The third-order valence-corrected chi connectivity index (χ3v) is 4.29. The molecule has 2 rings (SSSR count). The van der Waals surface area contributed by atoms with Crippen LogP contribution in [0.25, 0.3) is 0 Å². The second kappa shape index (κ2) is 5.09. The molecule has 0 atom stereocenters.